The molecule has 6 rings (SSSR count). The van der Waals surface area contributed by atoms with Gasteiger partial charge in [0, 0.05) is 40.7 Å². The van der Waals surface area contributed by atoms with Gasteiger partial charge in [0.1, 0.15) is 5.82 Å². The molecule has 188 valence electrons. The number of aromatic amines is 1. The molecule has 0 atom stereocenters. The maximum Gasteiger partial charge on any atom is 0.297 e. The summed E-state index contributed by atoms with van der Waals surface area (Å²) < 4.78 is 19.8. The Morgan fingerprint density at radius 3 is 2.53 bits per heavy atom. The first-order chi connectivity index (χ1) is 18.5. The summed E-state index contributed by atoms with van der Waals surface area (Å²) in [6, 6.07) is 23.9. The zero-order chi connectivity index (χ0) is 26.2. The van der Waals surface area contributed by atoms with Gasteiger partial charge in [-0.05, 0) is 37.3 Å². The molecule has 0 bridgehead atoms. The van der Waals surface area contributed by atoms with Gasteiger partial charge >= 0.3 is 0 Å². The van der Waals surface area contributed by atoms with Crippen molar-refractivity contribution in [2.24, 2.45) is 17.1 Å². The second-order valence-electron chi connectivity index (χ2n) is 8.75. The first-order valence-electron chi connectivity index (χ1n) is 12.0. The number of para-hydroxylation sites is 2. The summed E-state index contributed by atoms with van der Waals surface area (Å²) in [6.07, 6.45) is 3.59. The molecule has 0 fully saturated rings. The summed E-state index contributed by atoms with van der Waals surface area (Å²) in [6.45, 7) is 1.85. The third kappa shape index (κ3) is 4.03. The van der Waals surface area contributed by atoms with Crippen LogP contribution in [0.4, 0.5) is 10.1 Å². The van der Waals surface area contributed by atoms with Gasteiger partial charge in [0.05, 0.1) is 23.3 Å². The fourth-order valence-corrected chi connectivity index (χ4v) is 5.28. The van der Waals surface area contributed by atoms with Crippen molar-refractivity contribution in [2.75, 3.05) is 0 Å². The van der Waals surface area contributed by atoms with Gasteiger partial charge in [-0.25, -0.2) is 18.7 Å². The van der Waals surface area contributed by atoms with Crippen LogP contribution in [0.1, 0.15) is 11.3 Å². The maximum atomic E-state index is 14.8. The summed E-state index contributed by atoms with van der Waals surface area (Å²) >= 11 is 1.29. The number of rotatable bonds is 5. The van der Waals surface area contributed by atoms with Crippen LogP contribution < -0.4 is 10.4 Å². The minimum atomic E-state index is -0.366. The summed E-state index contributed by atoms with van der Waals surface area (Å²) in [7, 11) is 1.82. The van der Waals surface area contributed by atoms with Gasteiger partial charge < -0.3 is 4.98 Å². The molecule has 7 nitrogen and oxygen atoms in total. The molecule has 3 aromatic carbocycles. The summed E-state index contributed by atoms with van der Waals surface area (Å²) in [5, 5.41) is 7.54. The molecule has 6 aromatic rings. The van der Waals surface area contributed by atoms with Crippen molar-refractivity contribution >= 4 is 34.1 Å². The molecule has 0 saturated heterocycles. The molecular weight excluding hydrogens is 499 g/mol. The first-order valence-corrected chi connectivity index (χ1v) is 12.9. The van der Waals surface area contributed by atoms with E-state index in [0.717, 1.165) is 22.2 Å². The quantitative estimate of drug-likeness (QED) is 0.288. The van der Waals surface area contributed by atoms with Crippen molar-refractivity contribution < 1.29 is 4.39 Å². The lowest BCUT2D eigenvalue weighted by Gasteiger charge is -2.07. The topological polar surface area (TPSA) is 72.4 Å². The second kappa shape index (κ2) is 9.60. The van der Waals surface area contributed by atoms with Gasteiger partial charge in [0.2, 0.25) is 4.80 Å². The lowest BCUT2D eigenvalue weighted by atomic mass is 10.1. The molecular formula is C29H23FN6OS. The Morgan fingerprint density at radius 1 is 0.974 bits per heavy atom. The van der Waals surface area contributed by atoms with Crippen molar-refractivity contribution in [1.29, 1.82) is 0 Å². The Hall–Kier alpha value is -4.76. The number of nitrogens with one attached hydrogen (secondary N) is 1. The smallest absolute Gasteiger partial charge is 0.297 e. The highest BCUT2D eigenvalue weighted by molar-refractivity contribution is 7.07. The molecule has 0 spiro atoms. The van der Waals surface area contributed by atoms with Gasteiger partial charge in [-0.15, -0.1) is 11.3 Å². The fraction of sp³-hybridized carbons (Fsp3) is 0.0690. The third-order valence-corrected chi connectivity index (χ3v) is 7.32. The van der Waals surface area contributed by atoms with Gasteiger partial charge in [-0.3, -0.25) is 9.48 Å². The van der Waals surface area contributed by atoms with Crippen LogP contribution in [0, 0.1) is 12.7 Å². The van der Waals surface area contributed by atoms with Crippen LogP contribution in [0.5, 0.6) is 0 Å². The zero-order valence-corrected chi connectivity index (χ0v) is 21.5. The molecule has 3 aromatic heterocycles. The van der Waals surface area contributed by atoms with Crippen molar-refractivity contribution in [3.8, 4) is 16.9 Å². The summed E-state index contributed by atoms with van der Waals surface area (Å²) in [5.74, 6) is -0.366. The number of H-pyrrole nitrogens is 1. The molecule has 0 aliphatic heterocycles. The van der Waals surface area contributed by atoms with Crippen LogP contribution >= 0.6 is 11.3 Å². The van der Waals surface area contributed by atoms with Crippen LogP contribution in [-0.2, 0) is 7.05 Å². The van der Waals surface area contributed by atoms with Gasteiger partial charge in [0.15, 0.2) is 5.69 Å². The van der Waals surface area contributed by atoms with Crippen molar-refractivity contribution in [3.05, 3.63) is 123 Å². The van der Waals surface area contributed by atoms with Crippen LogP contribution in [-0.4, -0.2) is 25.2 Å². The number of benzene rings is 3. The Morgan fingerprint density at radius 2 is 1.71 bits per heavy atom. The highest BCUT2D eigenvalue weighted by atomic mass is 32.1. The minimum Gasteiger partial charge on any atom is -0.361 e. The third-order valence-electron chi connectivity index (χ3n) is 6.50. The lowest BCUT2D eigenvalue weighted by molar-refractivity contribution is 0.629. The van der Waals surface area contributed by atoms with Crippen molar-refractivity contribution in [3.63, 3.8) is 0 Å². The van der Waals surface area contributed by atoms with E-state index in [1.54, 1.807) is 43.8 Å². The SMILES string of the molecule is Cc1c(N=c2scc(-c3ccccc3F)n2N=Cc2c[nH]c3ccccc23)c(=O)n(-c2ccccc2)n1C. The Kier molecular flexibility index (Phi) is 5.97. The number of hydrogen-bond acceptors (Lipinski definition) is 4. The van der Waals surface area contributed by atoms with E-state index in [-0.39, 0.29) is 11.4 Å². The van der Waals surface area contributed by atoms with Gasteiger partial charge in [0.25, 0.3) is 5.56 Å². The zero-order valence-electron chi connectivity index (χ0n) is 20.7. The number of thiazole rings is 1. The molecule has 0 aliphatic rings. The van der Waals surface area contributed by atoms with E-state index in [0.29, 0.717) is 27.4 Å². The number of fused-ring (bicyclic) bond motifs is 1. The molecule has 3 heterocycles. The van der Waals surface area contributed by atoms with E-state index in [1.807, 2.05) is 74.8 Å². The number of aromatic nitrogens is 4. The lowest BCUT2D eigenvalue weighted by Crippen LogP contribution is -2.20. The Bertz CT molecular complexity index is 1940. The number of nitrogens with zero attached hydrogens (tertiary/aromatic N) is 5. The molecule has 0 saturated carbocycles. The largest absolute Gasteiger partial charge is 0.361 e. The predicted molar refractivity (Wildman–Crippen MR) is 150 cm³/mol. The van der Waals surface area contributed by atoms with E-state index in [1.165, 1.54) is 17.4 Å². The van der Waals surface area contributed by atoms with E-state index in [4.69, 9.17) is 10.1 Å². The average Bonchev–Trinajstić information content (AvgIpc) is 3.59. The first kappa shape index (κ1) is 23.6. The Balaban J connectivity index is 1.55. The molecule has 0 aliphatic carbocycles. The standard InChI is InChI=1S/C29H23FN6OS/c1-19-27(28(37)36(34(19)2)21-10-4-3-5-11-21)33-29-35(26(18-38-29)23-13-6-8-14-24(23)30)32-17-20-16-31-25-15-9-7-12-22(20)25/h3-18,31H,1-2H3. The monoisotopic (exact) mass is 522 g/mol. The highest BCUT2D eigenvalue weighted by Gasteiger charge is 2.17. The maximum absolute atomic E-state index is 14.8. The average molecular weight is 523 g/mol. The van der Waals surface area contributed by atoms with Crippen LogP contribution in [0.2, 0.25) is 0 Å². The summed E-state index contributed by atoms with van der Waals surface area (Å²) in [5.41, 5.74) is 4.31. The van der Waals surface area contributed by atoms with E-state index in [9.17, 15) is 9.18 Å². The molecule has 0 unspecified atom stereocenters. The van der Waals surface area contributed by atoms with Crippen LogP contribution in [0.15, 0.2) is 105 Å². The van der Waals surface area contributed by atoms with Crippen LogP contribution in [0.3, 0.4) is 0 Å². The van der Waals surface area contributed by atoms with Crippen molar-refractivity contribution in [1.82, 2.24) is 19.0 Å². The van der Waals surface area contributed by atoms with Gasteiger partial charge in [-0.2, -0.15) is 5.10 Å². The predicted octanol–water partition coefficient (Wildman–Crippen LogP) is 5.75. The van der Waals surface area contributed by atoms with Crippen LogP contribution in [0.25, 0.3) is 27.8 Å². The second-order valence-corrected chi connectivity index (χ2v) is 9.59. The molecule has 9 heteroatoms. The van der Waals surface area contributed by atoms with Crippen molar-refractivity contribution in [2.45, 2.75) is 6.92 Å². The summed E-state index contributed by atoms with van der Waals surface area (Å²) in [4.78, 5) is 21.9. The normalized spacial score (nSPS) is 12.2. The van der Waals surface area contributed by atoms with Gasteiger partial charge in [-0.1, -0.05) is 48.5 Å². The molecule has 0 radical (unpaired) electrons. The fourth-order valence-electron chi connectivity index (χ4n) is 4.44. The molecule has 38 heavy (non-hydrogen) atoms. The Labute approximate surface area is 221 Å². The molecule has 1 N–H and O–H groups in total. The van der Waals surface area contributed by atoms with E-state index >= 15 is 0 Å². The van der Waals surface area contributed by atoms with E-state index in [2.05, 4.69) is 4.98 Å². The highest BCUT2D eigenvalue weighted by Crippen LogP contribution is 2.24. The van der Waals surface area contributed by atoms with E-state index < -0.39 is 0 Å². The number of halogens is 1. The number of hydrogen-bond donors (Lipinski definition) is 1. The molecule has 0 amide bonds. The minimum absolute atomic E-state index is 0.246.